The highest BCUT2D eigenvalue weighted by Gasteiger charge is 2.61. The van der Waals surface area contributed by atoms with Crippen molar-refractivity contribution >= 4 is 25.4 Å². The molecule has 0 aromatic carbocycles. The second-order valence-corrected chi connectivity index (χ2v) is 6.63. The summed E-state index contributed by atoms with van der Waals surface area (Å²) in [7, 11) is -0.843. The number of anilines is 1. The van der Waals surface area contributed by atoms with Gasteiger partial charge < -0.3 is 20.3 Å². The molecule has 0 amide bonds. The van der Waals surface area contributed by atoms with E-state index in [1.807, 2.05) is 0 Å². The Labute approximate surface area is 136 Å². The Balaban J connectivity index is 1.80. The summed E-state index contributed by atoms with van der Waals surface area (Å²) < 4.78 is 34.2. The van der Waals surface area contributed by atoms with Crippen molar-refractivity contribution in [3.63, 3.8) is 0 Å². The molecule has 0 bridgehead atoms. The zero-order chi connectivity index (χ0) is 17.1. The highest BCUT2D eigenvalue weighted by molar-refractivity contribution is 7.33. The molecule has 2 fully saturated rings. The SMILES string of the molecule is COc1nc(N)nc2c1ncn2C1OC2CO[P+](=O)OC2C1(C)O. The first kappa shape index (κ1) is 15.6. The number of nitrogen functional groups attached to an aromatic ring is 1. The maximum absolute atomic E-state index is 11.5. The normalized spacial score (nSPS) is 34.5. The molecule has 5 unspecified atom stereocenters. The number of ether oxygens (including phenoxy) is 2. The van der Waals surface area contributed by atoms with Gasteiger partial charge in [0.15, 0.2) is 23.5 Å². The van der Waals surface area contributed by atoms with E-state index in [4.69, 9.17) is 24.3 Å². The van der Waals surface area contributed by atoms with E-state index in [9.17, 15) is 9.67 Å². The van der Waals surface area contributed by atoms with Crippen molar-refractivity contribution in [2.45, 2.75) is 31.0 Å². The van der Waals surface area contributed by atoms with Crippen LogP contribution in [-0.2, 0) is 18.3 Å². The molecule has 2 aliphatic rings. The van der Waals surface area contributed by atoms with E-state index in [2.05, 4.69) is 15.0 Å². The smallest absolute Gasteiger partial charge is 0.479 e. The fourth-order valence-corrected chi connectivity index (χ4v) is 3.88. The number of methoxy groups -OCH3 is 1. The van der Waals surface area contributed by atoms with Crippen LogP contribution in [0.25, 0.3) is 11.2 Å². The van der Waals surface area contributed by atoms with Crippen LogP contribution in [0, 0.1) is 0 Å². The van der Waals surface area contributed by atoms with Gasteiger partial charge >= 0.3 is 8.25 Å². The third-order valence-corrected chi connectivity index (χ3v) is 4.87. The Morgan fingerprint density at radius 1 is 1.54 bits per heavy atom. The number of imidazole rings is 1. The maximum Gasteiger partial charge on any atom is 0.697 e. The summed E-state index contributed by atoms with van der Waals surface area (Å²) in [4.78, 5) is 12.3. The highest BCUT2D eigenvalue weighted by Crippen LogP contribution is 2.48. The fourth-order valence-electron chi connectivity index (χ4n) is 3.02. The summed E-state index contributed by atoms with van der Waals surface area (Å²) >= 11 is 0. The summed E-state index contributed by atoms with van der Waals surface area (Å²) in [6.07, 6.45) is -0.824. The average Bonchev–Trinajstić information content (AvgIpc) is 3.05. The quantitative estimate of drug-likeness (QED) is 0.713. The number of aliphatic hydroxyl groups is 1. The molecule has 0 aliphatic carbocycles. The predicted octanol–water partition coefficient (Wildman–Crippen LogP) is 0.138. The van der Waals surface area contributed by atoms with E-state index in [1.54, 1.807) is 0 Å². The lowest BCUT2D eigenvalue weighted by Gasteiger charge is -2.27. The van der Waals surface area contributed by atoms with Crippen LogP contribution < -0.4 is 10.5 Å². The van der Waals surface area contributed by atoms with Gasteiger partial charge in [-0.2, -0.15) is 9.97 Å². The summed E-state index contributed by atoms with van der Waals surface area (Å²) in [6, 6.07) is 0. The second kappa shape index (κ2) is 5.30. The molecule has 2 aliphatic heterocycles. The van der Waals surface area contributed by atoms with E-state index < -0.39 is 32.3 Å². The third-order valence-electron chi connectivity index (χ3n) is 4.11. The van der Waals surface area contributed by atoms with Crippen LogP contribution in [0.1, 0.15) is 13.2 Å². The van der Waals surface area contributed by atoms with E-state index in [0.29, 0.717) is 11.2 Å². The molecule has 2 aromatic rings. The predicted molar refractivity (Wildman–Crippen MR) is 79.3 cm³/mol. The van der Waals surface area contributed by atoms with E-state index in [-0.39, 0.29) is 18.4 Å². The van der Waals surface area contributed by atoms with Crippen molar-refractivity contribution in [1.82, 2.24) is 19.5 Å². The first-order valence-corrected chi connectivity index (χ1v) is 8.20. The summed E-state index contributed by atoms with van der Waals surface area (Å²) in [6.45, 7) is 1.59. The number of nitrogens with zero attached hydrogens (tertiary/aromatic N) is 4. The number of nitrogens with two attached hydrogens (primary N) is 1. The van der Waals surface area contributed by atoms with Gasteiger partial charge in [-0.05, 0) is 6.92 Å². The second-order valence-electron chi connectivity index (χ2n) is 5.71. The Hall–Kier alpha value is -1.91. The molecule has 24 heavy (non-hydrogen) atoms. The molecule has 4 heterocycles. The first-order valence-electron chi connectivity index (χ1n) is 7.10. The minimum absolute atomic E-state index is 0.00109. The third kappa shape index (κ3) is 2.17. The lowest BCUT2D eigenvalue weighted by atomic mass is 9.96. The zero-order valence-electron chi connectivity index (χ0n) is 12.8. The minimum Gasteiger partial charge on any atom is -0.479 e. The lowest BCUT2D eigenvalue weighted by molar-refractivity contribution is -0.0884. The van der Waals surface area contributed by atoms with Crippen molar-refractivity contribution in [2.75, 3.05) is 19.5 Å². The molecule has 0 saturated carbocycles. The molecular weight excluding hydrogens is 341 g/mol. The molecule has 12 heteroatoms. The van der Waals surface area contributed by atoms with E-state index in [0.717, 1.165) is 0 Å². The Bertz CT molecular complexity index is 826. The average molecular weight is 356 g/mol. The van der Waals surface area contributed by atoms with Gasteiger partial charge in [0, 0.05) is 4.57 Å². The van der Waals surface area contributed by atoms with E-state index >= 15 is 0 Å². The van der Waals surface area contributed by atoms with Gasteiger partial charge in [-0.3, -0.25) is 4.57 Å². The van der Waals surface area contributed by atoms with Gasteiger partial charge in [0.2, 0.25) is 11.8 Å². The van der Waals surface area contributed by atoms with Crippen molar-refractivity contribution in [3.8, 4) is 5.88 Å². The number of fused-ring (bicyclic) bond motifs is 2. The zero-order valence-corrected chi connectivity index (χ0v) is 13.7. The van der Waals surface area contributed by atoms with Crippen LogP contribution in [0.3, 0.4) is 0 Å². The number of hydrogen-bond acceptors (Lipinski definition) is 10. The van der Waals surface area contributed by atoms with Gasteiger partial charge in [0.05, 0.1) is 13.4 Å². The van der Waals surface area contributed by atoms with Crippen LogP contribution in [0.4, 0.5) is 5.95 Å². The van der Waals surface area contributed by atoms with Gasteiger partial charge in [0.1, 0.15) is 18.3 Å². The van der Waals surface area contributed by atoms with Crippen molar-refractivity contribution in [3.05, 3.63) is 6.33 Å². The largest absolute Gasteiger partial charge is 0.697 e. The summed E-state index contributed by atoms with van der Waals surface area (Å²) in [5.41, 5.74) is 4.93. The maximum atomic E-state index is 11.5. The highest BCUT2D eigenvalue weighted by atomic mass is 31.1. The molecule has 0 radical (unpaired) electrons. The molecule has 2 saturated heterocycles. The Kier molecular flexibility index (Phi) is 3.44. The monoisotopic (exact) mass is 356 g/mol. The van der Waals surface area contributed by atoms with Gasteiger partial charge in [-0.25, -0.2) is 4.98 Å². The van der Waals surface area contributed by atoms with Crippen molar-refractivity contribution in [1.29, 1.82) is 0 Å². The topological polar surface area (TPSA) is 144 Å². The Morgan fingerprint density at radius 3 is 3.08 bits per heavy atom. The minimum atomic E-state index is -2.29. The number of aromatic nitrogens is 4. The molecule has 0 spiro atoms. The van der Waals surface area contributed by atoms with Crippen molar-refractivity contribution < 1.29 is 28.2 Å². The Morgan fingerprint density at radius 2 is 2.33 bits per heavy atom. The van der Waals surface area contributed by atoms with Crippen LogP contribution in [0.5, 0.6) is 5.88 Å². The molecule has 3 N–H and O–H groups in total. The van der Waals surface area contributed by atoms with Gasteiger partial charge in [-0.15, -0.1) is 9.05 Å². The van der Waals surface area contributed by atoms with Gasteiger partial charge in [-0.1, -0.05) is 0 Å². The molecular formula is C12H15N5O6P+. The molecule has 2 aromatic heterocycles. The standard InChI is InChI=1S/C12H15N5O6P/c1-12(18)7-5(3-21-24(19)23-7)22-10(12)17-4-14-6-8(17)15-11(13)16-9(6)20-2/h4-5,7,10,18H,3H2,1-2H3,(H2,13,15,16)/q+1. The van der Waals surface area contributed by atoms with E-state index in [1.165, 1.54) is 24.9 Å². The molecule has 128 valence electrons. The fraction of sp³-hybridized carbons (Fsp3) is 0.583. The number of hydrogen-bond donors (Lipinski definition) is 2. The van der Waals surface area contributed by atoms with Crippen LogP contribution >= 0.6 is 8.25 Å². The van der Waals surface area contributed by atoms with Crippen LogP contribution in [-0.4, -0.2) is 56.2 Å². The van der Waals surface area contributed by atoms with Crippen molar-refractivity contribution in [2.24, 2.45) is 0 Å². The van der Waals surface area contributed by atoms with Crippen LogP contribution in [0.2, 0.25) is 0 Å². The molecule has 11 nitrogen and oxygen atoms in total. The molecule has 4 rings (SSSR count). The summed E-state index contributed by atoms with van der Waals surface area (Å²) in [5, 5.41) is 10.9. The molecule has 5 atom stereocenters. The summed E-state index contributed by atoms with van der Waals surface area (Å²) in [5.74, 6) is 0.216. The lowest BCUT2D eigenvalue weighted by Crippen LogP contribution is -2.46. The first-order chi connectivity index (χ1) is 11.4. The van der Waals surface area contributed by atoms with Gasteiger partial charge in [0.25, 0.3) is 0 Å². The van der Waals surface area contributed by atoms with Crippen LogP contribution in [0.15, 0.2) is 6.33 Å². The number of rotatable bonds is 2.